The summed E-state index contributed by atoms with van der Waals surface area (Å²) in [6.45, 7) is 6.29. The molecular formula is C17H27NO2S. The van der Waals surface area contributed by atoms with Gasteiger partial charge in [0.05, 0.1) is 11.0 Å². The van der Waals surface area contributed by atoms with E-state index in [0.29, 0.717) is 5.92 Å². The third kappa shape index (κ3) is 3.86. The van der Waals surface area contributed by atoms with Gasteiger partial charge in [-0.05, 0) is 44.2 Å². The lowest BCUT2D eigenvalue weighted by molar-refractivity contribution is 0.249. The second kappa shape index (κ2) is 6.49. The minimum atomic E-state index is -3.15. The van der Waals surface area contributed by atoms with Crippen LogP contribution in [0.15, 0.2) is 24.3 Å². The molecule has 1 aliphatic carbocycles. The molecule has 1 N–H and O–H groups in total. The van der Waals surface area contributed by atoms with Gasteiger partial charge in [0.1, 0.15) is 0 Å². The summed E-state index contributed by atoms with van der Waals surface area (Å²) in [6.07, 6.45) is 1.94. The summed E-state index contributed by atoms with van der Waals surface area (Å²) in [4.78, 5) is 0. The maximum atomic E-state index is 12.9. The summed E-state index contributed by atoms with van der Waals surface area (Å²) in [5, 5.41) is 2.96. The number of nitrogens with one attached hydrogen (secondary N) is 1. The van der Waals surface area contributed by atoms with Crippen LogP contribution in [0.5, 0.6) is 0 Å². The predicted molar refractivity (Wildman–Crippen MR) is 88.0 cm³/mol. The molecule has 0 radical (unpaired) electrons. The van der Waals surface area contributed by atoms with Gasteiger partial charge in [-0.2, -0.15) is 0 Å². The van der Waals surface area contributed by atoms with Crippen molar-refractivity contribution in [2.24, 2.45) is 11.8 Å². The number of aryl methyl sites for hydroxylation is 1. The van der Waals surface area contributed by atoms with Gasteiger partial charge >= 0.3 is 0 Å². The molecule has 0 heterocycles. The molecule has 0 aromatic heterocycles. The lowest BCUT2D eigenvalue weighted by Gasteiger charge is -2.39. The normalized spacial score (nSPS) is 30.3. The van der Waals surface area contributed by atoms with E-state index in [1.165, 1.54) is 0 Å². The molecule has 0 bridgehead atoms. The highest BCUT2D eigenvalue weighted by Crippen LogP contribution is 2.34. The molecule has 4 heteroatoms. The molecule has 118 valence electrons. The zero-order valence-electron chi connectivity index (χ0n) is 13.5. The highest BCUT2D eigenvalue weighted by Gasteiger charge is 2.41. The van der Waals surface area contributed by atoms with Crippen molar-refractivity contribution >= 4 is 9.84 Å². The Morgan fingerprint density at radius 1 is 1.24 bits per heavy atom. The number of benzene rings is 1. The standard InChI is InChI=1S/C17H27NO2S/c1-12-6-5-7-15(9-12)11-21(19,20)17-14(3)8-13(2)10-16(17)18-4/h5-7,9,13-14,16-18H,8,10-11H2,1-4H3. The Balaban J connectivity index is 2.24. The molecule has 1 fully saturated rings. The van der Waals surface area contributed by atoms with E-state index in [4.69, 9.17) is 0 Å². The van der Waals surface area contributed by atoms with Crippen LogP contribution in [0.25, 0.3) is 0 Å². The van der Waals surface area contributed by atoms with Gasteiger partial charge in [-0.3, -0.25) is 0 Å². The maximum Gasteiger partial charge on any atom is 0.159 e. The van der Waals surface area contributed by atoms with Crippen molar-refractivity contribution in [1.29, 1.82) is 0 Å². The van der Waals surface area contributed by atoms with Gasteiger partial charge in [-0.15, -0.1) is 0 Å². The fourth-order valence-corrected chi connectivity index (χ4v) is 6.25. The largest absolute Gasteiger partial charge is 0.316 e. The van der Waals surface area contributed by atoms with Crippen molar-refractivity contribution in [2.75, 3.05) is 7.05 Å². The highest BCUT2D eigenvalue weighted by atomic mass is 32.2. The van der Waals surface area contributed by atoms with Gasteiger partial charge in [0.25, 0.3) is 0 Å². The van der Waals surface area contributed by atoms with E-state index < -0.39 is 9.84 Å². The monoisotopic (exact) mass is 309 g/mol. The predicted octanol–water partition coefficient (Wildman–Crippen LogP) is 2.93. The molecule has 1 aliphatic rings. The summed E-state index contributed by atoms with van der Waals surface area (Å²) >= 11 is 0. The van der Waals surface area contributed by atoms with E-state index in [9.17, 15) is 8.42 Å². The molecule has 1 aromatic carbocycles. The fraction of sp³-hybridized carbons (Fsp3) is 0.647. The first-order valence-electron chi connectivity index (χ1n) is 7.78. The Morgan fingerprint density at radius 3 is 2.57 bits per heavy atom. The van der Waals surface area contributed by atoms with Crippen molar-refractivity contribution in [3.8, 4) is 0 Å². The van der Waals surface area contributed by atoms with E-state index in [1.54, 1.807) is 0 Å². The summed E-state index contributed by atoms with van der Waals surface area (Å²) < 4.78 is 25.8. The summed E-state index contributed by atoms with van der Waals surface area (Å²) in [7, 11) is -1.27. The lowest BCUT2D eigenvalue weighted by Crippen LogP contribution is -2.51. The van der Waals surface area contributed by atoms with Crippen molar-refractivity contribution in [1.82, 2.24) is 5.32 Å². The second-order valence-corrected chi connectivity index (χ2v) is 8.87. The zero-order valence-corrected chi connectivity index (χ0v) is 14.3. The average molecular weight is 309 g/mol. The van der Waals surface area contributed by atoms with Crippen LogP contribution in [0.1, 0.15) is 37.8 Å². The zero-order chi connectivity index (χ0) is 15.6. The molecule has 21 heavy (non-hydrogen) atoms. The fourth-order valence-electron chi connectivity index (χ4n) is 3.85. The van der Waals surface area contributed by atoms with Gasteiger partial charge in [-0.1, -0.05) is 43.7 Å². The first kappa shape index (κ1) is 16.5. The van der Waals surface area contributed by atoms with Crippen LogP contribution in [0.3, 0.4) is 0 Å². The third-order valence-electron chi connectivity index (χ3n) is 4.62. The lowest BCUT2D eigenvalue weighted by atomic mass is 9.80. The Hall–Kier alpha value is -0.870. The molecule has 4 unspecified atom stereocenters. The number of hydrogen-bond acceptors (Lipinski definition) is 3. The minimum Gasteiger partial charge on any atom is -0.316 e. The molecule has 0 aliphatic heterocycles. The van der Waals surface area contributed by atoms with E-state index in [0.717, 1.165) is 24.0 Å². The molecular weight excluding hydrogens is 282 g/mol. The van der Waals surface area contributed by atoms with Crippen LogP contribution in [-0.2, 0) is 15.6 Å². The van der Waals surface area contributed by atoms with E-state index >= 15 is 0 Å². The number of rotatable bonds is 4. The van der Waals surface area contributed by atoms with E-state index in [-0.39, 0.29) is 23.0 Å². The van der Waals surface area contributed by atoms with Gasteiger partial charge in [0.2, 0.25) is 0 Å². The minimum absolute atomic E-state index is 0.0681. The Labute approximate surface area is 129 Å². The Bertz CT molecular complexity index is 582. The van der Waals surface area contributed by atoms with Crippen LogP contribution in [0, 0.1) is 18.8 Å². The van der Waals surface area contributed by atoms with Gasteiger partial charge in [-0.25, -0.2) is 8.42 Å². The maximum absolute atomic E-state index is 12.9. The van der Waals surface area contributed by atoms with Crippen molar-refractivity contribution < 1.29 is 8.42 Å². The third-order valence-corrected chi connectivity index (χ3v) is 6.98. The topological polar surface area (TPSA) is 46.2 Å². The first-order valence-corrected chi connectivity index (χ1v) is 9.49. The van der Waals surface area contributed by atoms with Crippen molar-refractivity contribution in [3.05, 3.63) is 35.4 Å². The van der Waals surface area contributed by atoms with Crippen molar-refractivity contribution in [3.63, 3.8) is 0 Å². The average Bonchev–Trinajstić information content (AvgIpc) is 2.36. The van der Waals surface area contributed by atoms with Gasteiger partial charge < -0.3 is 5.32 Å². The quantitative estimate of drug-likeness (QED) is 0.930. The molecule has 0 saturated heterocycles. The molecule has 1 saturated carbocycles. The van der Waals surface area contributed by atoms with Gasteiger partial charge in [0, 0.05) is 6.04 Å². The molecule has 0 spiro atoms. The number of hydrogen-bond donors (Lipinski definition) is 1. The molecule has 3 nitrogen and oxygen atoms in total. The van der Waals surface area contributed by atoms with Crippen LogP contribution < -0.4 is 5.32 Å². The summed E-state index contributed by atoms with van der Waals surface area (Å²) in [5.41, 5.74) is 2.01. The first-order chi connectivity index (χ1) is 9.83. The summed E-state index contributed by atoms with van der Waals surface area (Å²) in [5.74, 6) is 0.944. The molecule has 1 aromatic rings. The van der Waals surface area contributed by atoms with Crippen molar-refractivity contribution in [2.45, 2.75) is 50.7 Å². The summed E-state index contributed by atoms with van der Waals surface area (Å²) in [6, 6.07) is 7.88. The smallest absolute Gasteiger partial charge is 0.159 e. The Kier molecular flexibility index (Phi) is 5.10. The molecule has 2 rings (SSSR count). The SMILES string of the molecule is CNC1CC(C)CC(C)C1S(=O)(=O)Cc1cccc(C)c1. The van der Waals surface area contributed by atoms with E-state index in [2.05, 4.69) is 19.2 Å². The van der Waals surface area contributed by atoms with Crippen LogP contribution in [-0.4, -0.2) is 26.8 Å². The second-order valence-electron chi connectivity index (χ2n) is 6.71. The highest BCUT2D eigenvalue weighted by molar-refractivity contribution is 7.91. The Morgan fingerprint density at radius 2 is 1.95 bits per heavy atom. The van der Waals surface area contributed by atoms with Crippen LogP contribution in [0.2, 0.25) is 0 Å². The van der Waals surface area contributed by atoms with Gasteiger partial charge in [0.15, 0.2) is 9.84 Å². The molecule has 4 atom stereocenters. The van der Waals surface area contributed by atoms with Crippen LogP contribution >= 0.6 is 0 Å². The van der Waals surface area contributed by atoms with Crippen LogP contribution in [0.4, 0.5) is 0 Å². The van der Waals surface area contributed by atoms with E-state index in [1.807, 2.05) is 38.2 Å². The number of sulfone groups is 1. The molecule has 0 amide bonds.